The topological polar surface area (TPSA) is 82.5 Å². The van der Waals surface area contributed by atoms with Crippen LogP contribution in [-0.4, -0.2) is 33.3 Å². The van der Waals surface area contributed by atoms with E-state index in [0.29, 0.717) is 18.3 Å². The highest BCUT2D eigenvalue weighted by Gasteiger charge is 2.32. The number of nitrogens with zero attached hydrogens (tertiary/aromatic N) is 1. The lowest BCUT2D eigenvalue weighted by Gasteiger charge is -2.36. The van der Waals surface area contributed by atoms with Gasteiger partial charge in [0.2, 0.25) is 0 Å². The van der Waals surface area contributed by atoms with Gasteiger partial charge in [-0.05, 0) is 43.7 Å². The van der Waals surface area contributed by atoms with Crippen molar-refractivity contribution in [3.63, 3.8) is 0 Å². The number of anilines is 1. The van der Waals surface area contributed by atoms with Crippen LogP contribution in [0.15, 0.2) is 12.1 Å². The Morgan fingerprint density at radius 3 is 2.71 bits per heavy atom. The standard InChI is InChI=1S/C15H21ClN2O3/c1-2-10-5-7-15(21,8-6-10)9-17-12-4-3-11(16)13(18-12)14(19)20/h3-4,10,21H,2,5-9H2,1H3,(H,17,18)(H,19,20). The molecule has 0 aliphatic heterocycles. The van der Waals surface area contributed by atoms with Crippen molar-refractivity contribution in [1.82, 2.24) is 4.98 Å². The van der Waals surface area contributed by atoms with E-state index in [0.717, 1.165) is 32.1 Å². The number of hydrogen-bond acceptors (Lipinski definition) is 4. The average Bonchev–Trinajstić information content (AvgIpc) is 2.47. The summed E-state index contributed by atoms with van der Waals surface area (Å²) >= 11 is 5.78. The van der Waals surface area contributed by atoms with Crippen LogP contribution in [0.4, 0.5) is 5.82 Å². The zero-order valence-corrected chi connectivity index (χ0v) is 12.9. The number of carboxylic acid groups (broad SMARTS) is 1. The first-order valence-electron chi connectivity index (χ1n) is 7.29. The molecule has 1 aromatic heterocycles. The van der Waals surface area contributed by atoms with Crippen LogP contribution in [0, 0.1) is 5.92 Å². The fraction of sp³-hybridized carbons (Fsp3) is 0.600. The average molecular weight is 313 g/mol. The number of pyridine rings is 1. The lowest BCUT2D eigenvalue weighted by Crippen LogP contribution is -2.40. The summed E-state index contributed by atoms with van der Waals surface area (Å²) in [5, 5.41) is 22.7. The number of aromatic nitrogens is 1. The minimum Gasteiger partial charge on any atom is -0.476 e. The van der Waals surface area contributed by atoms with Crippen molar-refractivity contribution in [3.8, 4) is 0 Å². The highest BCUT2D eigenvalue weighted by molar-refractivity contribution is 6.33. The molecule has 1 heterocycles. The fourth-order valence-electron chi connectivity index (χ4n) is 2.75. The molecule has 3 N–H and O–H groups in total. The van der Waals surface area contributed by atoms with Crippen LogP contribution in [0.25, 0.3) is 0 Å². The number of nitrogens with one attached hydrogen (secondary N) is 1. The van der Waals surface area contributed by atoms with Gasteiger partial charge < -0.3 is 15.5 Å². The molecule has 0 unspecified atom stereocenters. The SMILES string of the molecule is CCC1CCC(O)(CNc2ccc(Cl)c(C(=O)O)n2)CC1. The van der Waals surface area contributed by atoms with E-state index in [9.17, 15) is 9.90 Å². The molecule has 0 spiro atoms. The first-order chi connectivity index (χ1) is 9.93. The van der Waals surface area contributed by atoms with Crippen molar-refractivity contribution in [1.29, 1.82) is 0 Å². The minimum absolute atomic E-state index is 0.107. The van der Waals surface area contributed by atoms with Crippen LogP contribution in [0.3, 0.4) is 0 Å². The summed E-state index contributed by atoms with van der Waals surface area (Å²) in [7, 11) is 0. The molecule has 0 atom stereocenters. The smallest absolute Gasteiger partial charge is 0.356 e. The first-order valence-corrected chi connectivity index (χ1v) is 7.67. The Morgan fingerprint density at radius 2 is 2.14 bits per heavy atom. The summed E-state index contributed by atoms with van der Waals surface area (Å²) < 4.78 is 0. The van der Waals surface area contributed by atoms with Crippen molar-refractivity contribution >= 4 is 23.4 Å². The Kier molecular flexibility index (Phi) is 5.06. The normalized spacial score (nSPS) is 25.6. The summed E-state index contributed by atoms with van der Waals surface area (Å²) in [5.41, 5.74) is -0.917. The van der Waals surface area contributed by atoms with Gasteiger partial charge in [-0.3, -0.25) is 0 Å². The number of carboxylic acids is 1. The van der Waals surface area contributed by atoms with Crippen LogP contribution in [0.5, 0.6) is 0 Å². The molecule has 0 aromatic carbocycles. The second-order valence-corrected chi connectivity index (χ2v) is 6.17. The zero-order valence-electron chi connectivity index (χ0n) is 12.1. The monoisotopic (exact) mass is 312 g/mol. The van der Waals surface area contributed by atoms with Crippen LogP contribution < -0.4 is 5.32 Å². The third kappa shape index (κ3) is 4.08. The molecule has 0 bridgehead atoms. The predicted octanol–water partition coefficient (Wildman–Crippen LogP) is 3.18. The molecule has 0 amide bonds. The van der Waals surface area contributed by atoms with Crippen molar-refractivity contribution in [2.75, 3.05) is 11.9 Å². The van der Waals surface area contributed by atoms with Crippen molar-refractivity contribution in [3.05, 3.63) is 22.8 Å². The summed E-state index contributed by atoms with van der Waals surface area (Å²) in [6.45, 7) is 2.55. The summed E-state index contributed by atoms with van der Waals surface area (Å²) in [4.78, 5) is 15.0. The maximum absolute atomic E-state index is 11.0. The first kappa shape index (κ1) is 16.0. The van der Waals surface area contributed by atoms with E-state index >= 15 is 0 Å². The van der Waals surface area contributed by atoms with Gasteiger partial charge in [0, 0.05) is 6.54 Å². The molecule has 1 aromatic rings. The molecule has 116 valence electrons. The van der Waals surface area contributed by atoms with Gasteiger partial charge in [-0.15, -0.1) is 0 Å². The van der Waals surface area contributed by atoms with Crippen molar-refractivity contribution < 1.29 is 15.0 Å². The summed E-state index contributed by atoms with van der Waals surface area (Å²) in [5.74, 6) is -0.0359. The lowest BCUT2D eigenvalue weighted by atomic mass is 9.78. The van der Waals surface area contributed by atoms with Crippen LogP contribution in [-0.2, 0) is 0 Å². The van der Waals surface area contributed by atoms with Gasteiger partial charge in [0.25, 0.3) is 0 Å². The zero-order chi connectivity index (χ0) is 15.5. The van der Waals surface area contributed by atoms with Gasteiger partial charge in [-0.1, -0.05) is 24.9 Å². The van der Waals surface area contributed by atoms with Gasteiger partial charge in [0.05, 0.1) is 10.6 Å². The maximum Gasteiger partial charge on any atom is 0.356 e. The van der Waals surface area contributed by atoms with E-state index in [4.69, 9.17) is 16.7 Å². The molecule has 1 fully saturated rings. The van der Waals surface area contributed by atoms with Gasteiger partial charge in [-0.25, -0.2) is 9.78 Å². The molecule has 5 nitrogen and oxygen atoms in total. The molecule has 0 saturated heterocycles. The van der Waals surface area contributed by atoms with E-state index in [2.05, 4.69) is 17.2 Å². The van der Waals surface area contributed by atoms with Crippen LogP contribution in [0.1, 0.15) is 49.5 Å². The van der Waals surface area contributed by atoms with E-state index in [-0.39, 0.29) is 10.7 Å². The predicted molar refractivity (Wildman–Crippen MR) is 81.9 cm³/mol. The van der Waals surface area contributed by atoms with Gasteiger partial charge in [-0.2, -0.15) is 0 Å². The molecule has 21 heavy (non-hydrogen) atoms. The molecular formula is C15H21ClN2O3. The van der Waals surface area contributed by atoms with Gasteiger partial charge >= 0.3 is 5.97 Å². The summed E-state index contributed by atoms with van der Waals surface area (Å²) in [6, 6.07) is 3.12. The number of halogens is 1. The molecular weight excluding hydrogens is 292 g/mol. The third-order valence-electron chi connectivity index (χ3n) is 4.26. The van der Waals surface area contributed by atoms with E-state index < -0.39 is 11.6 Å². The van der Waals surface area contributed by atoms with E-state index in [1.807, 2.05) is 0 Å². The quantitative estimate of drug-likeness (QED) is 0.778. The summed E-state index contributed by atoms with van der Waals surface area (Å²) in [6.07, 6.45) is 4.74. The number of rotatable bonds is 5. The number of aromatic carboxylic acids is 1. The Bertz CT molecular complexity index is 514. The van der Waals surface area contributed by atoms with E-state index in [1.54, 1.807) is 6.07 Å². The molecule has 1 aliphatic carbocycles. The Balaban J connectivity index is 1.97. The van der Waals surface area contributed by atoms with Gasteiger partial charge in [0.15, 0.2) is 5.69 Å². The Labute approximate surface area is 129 Å². The number of carbonyl (C=O) groups is 1. The maximum atomic E-state index is 11.0. The molecule has 1 aliphatic rings. The van der Waals surface area contributed by atoms with Gasteiger partial charge in [0.1, 0.15) is 5.82 Å². The van der Waals surface area contributed by atoms with Crippen LogP contribution in [0.2, 0.25) is 5.02 Å². The van der Waals surface area contributed by atoms with Crippen LogP contribution >= 0.6 is 11.6 Å². The number of aliphatic hydroxyl groups is 1. The van der Waals surface area contributed by atoms with Crippen molar-refractivity contribution in [2.45, 2.75) is 44.6 Å². The third-order valence-corrected chi connectivity index (χ3v) is 4.57. The van der Waals surface area contributed by atoms with Crippen molar-refractivity contribution in [2.24, 2.45) is 5.92 Å². The largest absolute Gasteiger partial charge is 0.476 e. The number of hydrogen-bond donors (Lipinski definition) is 3. The Morgan fingerprint density at radius 1 is 1.48 bits per heavy atom. The molecule has 1 saturated carbocycles. The molecule has 6 heteroatoms. The lowest BCUT2D eigenvalue weighted by molar-refractivity contribution is 0.00223. The Hall–Kier alpha value is -1.33. The fourth-order valence-corrected chi connectivity index (χ4v) is 2.93. The minimum atomic E-state index is -1.16. The second kappa shape index (κ2) is 6.62. The molecule has 0 radical (unpaired) electrons. The molecule has 2 rings (SSSR count). The highest BCUT2D eigenvalue weighted by atomic mass is 35.5. The highest BCUT2D eigenvalue weighted by Crippen LogP contribution is 2.33. The second-order valence-electron chi connectivity index (χ2n) is 5.76. The van der Waals surface area contributed by atoms with E-state index in [1.165, 1.54) is 6.07 Å².